The number of carbonyl (C=O) groups excluding carboxylic acids is 3. The summed E-state index contributed by atoms with van der Waals surface area (Å²) in [5.41, 5.74) is 0. The van der Waals surface area contributed by atoms with E-state index in [1.807, 2.05) is 6.92 Å². The van der Waals surface area contributed by atoms with Crippen LogP contribution in [0.4, 0.5) is 0 Å². The summed E-state index contributed by atoms with van der Waals surface area (Å²) in [6.45, 7) is 2.84. The van der Waals surface area contributed by atoms with Gasteiger partial charge < -0.3 is 0 Å². The van der Waals surface area contributed by atoms with Gasteiger partial charge in [-0.25, -0.2) is 5.06 Å². The van der Waals surface area contributed by atoms with Crippen LogP contribution in [-0.2, 0) is 19.2 Å². The first-order valence-corrected chi connectivity index (χ1v) is 6.41. The first kappa shape index (κ1) is 13.0. The van der Waals surface area contributed by atoms with Crippen molar-refractivity contribution < 1.29 is 19.2 Å². The van der Waals surface area contributed by atoms with Crippen LogP contribution in [0.1, 0.15) is 32.6 Å². The zero-order valence-electron chi connectivity index (χ0n) is 10.5. The van der Waals surface area contributed by atoms with E-state index in [1.54, 1.807) is 0 Å². The van der Waals surface area contributed by atoms with E-state index in [4.69, 9.17) is 4.84 Å². The zero-order valence-corrected chi connectivity index (χ0v) is 10.5. The van der Waals surface area contributed by atoms with Crippen LogP contribution in [0, 0.1) is 11.8 Å². The van der Waals surface area contributed by atoms with Crippen LogP contribution < -0.4 is 5.32 Å². The molecule has 2 atom stereocenters. The third kappa shape index (κ3) is 2.53. The zero-order chi connectivity index (χ0) is 13.1. The van der Waals surface area contributed by atoms with Crippen molar-refractivity contribution in [3.8, 4) is 0 Å². The van der Waals surface area contributed by atoms with Crippen LogP contribution >= 0.6 is 0 Å². The molecule has 2 aliphatic rings. The van der Waals surface area contributed by atoms with Crippen molar-refractivity contribution in [1.29, 1.82) is 0 Å². The van der Waals surface area contributed by atoms with Gasteiger partial charge in [0, 0.05) is 13.0 Å². The fourth-order valence-electron chi connectivity index (χ4n) is 2.62. The molecule has 3 amide bonds. The van der Waals surface area contributed by atoms with E-state index >= 15 is 0 Å². The van der Waals surface area contributed by atoms with Crippen LogP contribution in [0.3, 0.4) is 0 Å². The minimum atomic E-state index is -0.390. The second kappa shape index (κ2) is 5.48. The van der Waals surface area contributed by atoms with E-state index in [0.29, 0.717) is 32.4 Å². The highest BCUT2D eigenvalue weighted by Gasteiger charge is 2.41. The number of nitrogens with one attached hydrogen (secondary N) is 1. The molecule has 1 N–H and O–H groups in total. The smallest absolute Gasteiger partial charge is 0.250 e. The number of nitrogens with zero attached hydrogens (tertiary/aromatic N) is 1. The second-order valence-electron chi connectivity index (χ2n) is 4.66. The van der Waals surface area contributed by atoms with Crippen LogP contribution in [0.25, 0.3) is 0 Å². The highest BCUT2D eigenvalue weighted by molar-refractivity contribution is 6.00. The SMILES string of the molecule is CCON1CCCC(C2CCC(=O)NC2=O)C1=O. The predicted octanol–water partition coefficient (Wildman–Crippen LogP) is 0.229. The first-order valence-electron chi connectivity index (χ1n) is 6.41. The molecule has 0 aromatic carbocycles. The highest BCUT2D eigenvalue weighted by atomic mass is 16.7. The minimum absolute atomic E-state index is 0.127. The van der Waals surface area contributed by atoms with E-state index in [2.05, 4.69) is 5.32 Å². The van der Waals surface area contributed by atoms with Gasteiger partial charge in [0.15, 0.2) is 0 Å². The number of amides is 3. The van der Waals surface area contributed by atoms with Gasteiger partial charge in [0.05, 0.1) is 18.4 Å². The normalized spacial score (nSPS) is 29.4. The molecule has 0 spiro atoms. The molecule has 6 nitrogen and oxygen atoms in total. The van der Waals surface area contributed by atoms with Gasteiger partial charge in [-0.3, -0.25) is 24.5 Å². The summed E-state index contributed by atoms with van der Waals surface area (Å²) in [4.78, 5) is 40.3. The van der Waals surface area contributed by atoms with E-state index < -0.39 is 5.92 Å². The van der Waals surface area contributed by atoms with Crippen molar-refractivity contribution in [2.75, 3.05) is 13.2 Å². The predicted molar refractivity (Wildman–Crippen MR) is 61.9 cm³/mol. The maximum Gasteiger partial charge on any atom is 0.250 e. The molecular weight excluding hydrogens is 236 g/mol. The third-order valence-electron chi connectivity index (χ3n) is 3.49. The van der Waals surface area contributed by atoms with Gasteiger partial charge >= 0.3 is 0 Å². The Hall–Kier alpha value is -1.43. The Morgan fingerprint density at radius 3 is 2.72 bits per heavy atom. The molecule has 2 fully saturated rings. The molecule has 0 aromatic heterocycles. The Morgan fingerprint density at radius 2 is 2.06 bits per heavy atom. The average Bonchev–Trinajstić information content (AvgIpc) is 2.33. The van der Waals surface area contributed by atoms with Gasteiger partial charge in [0.2, 0.25) is 17.7 Å². The molecule has 0 radical (unpaired) electrons. The Balaban J connectivity index is 2.05. The fourth-order valence-corrected chi connectivity index (χ4v) is 2.62. The molecule has 2 rings (SSSR count). The topological polar surface area (TPSA) is 75.7 Å². The van der Waals surface area contributed by atoms with E-state index in [-0.39, 0.29) is 23.6 Å². The van der Waals surface area contributed by atoms with Crippen LogP contribution in [0.15, 0.2) is 0 Å². The number of hydroxylamine groups is 2. The quantitative estimate of drug-likeness (QED) is 0.731. The van der Waals surface area contributed by atoms with Crippen LogP contribution in [0.5, 0.6) is 0 Å². The van der Waals surface area contributed by atoms with Gasteiger partial charge in [-0.1, -0.05) is 0 Å². The summed E-state index contributed by atoms with van der Waals surface area (Å²) in [5, 5.41) is 3.66. The lowest BCUT2D eigenvalue weighted by molar-refractivity contribution is -0.198. The maximum absolute atomic E-state index is 12.2. The second-order valence-corrected chi connectivity index (χ2v) is 4.66. The number of rotatable bonds is 3. The molecule has 6 heteroatoms. The molecule has 2 saturated heterocycles. The van der Waals surface area contributed by atoms with Crippen molar-refractivity contribution >= 4 is 17.7 Å². The van der Waals surface area contributed by atoms with Crippen molar-refractivity contribution in [2.45, 2.75) is 32.6 Å². The van der Waals surface area contributed by atoms with Gasteiger partial charge in [-0.2, -0.15) is 0 Å². The summed E-state index contributed by atoms with van der Waals surface area (Å²) >= 11 is 0. The van der Waals surface area contributed by atoms with E-state index in [1.165, 1.54) is 5.06 Å². The van der Waals surface area contributed by atoms with Crippen molar-refractivity contribution in [3.05, 3.63) is 0 Å². The third-order valence-corrected chi connectivity index (χ3v) is 3.49. The van der Waals surface area contributed by atoms with Gasteiger partial charge in [0.25, 0.3) is 0 Å². The average molecular weight is 254 g/mol. The Bertz CT molecular complexity index is 367. The fraction of sp³-hybridized carbons (Fsp3) is 0.750. The van der Waals surface area contributed by atoms with Crippen LogP contribution in [-0.4, -0.2) is 35.9 Å². The number of hydrogen-bond acceptors (Lipinski definition) is 4. The van der Waals surface area contributed by atoms with E-state index in [0.717, 1.165) is 6.42 Å². The lowest BCUT2D eigenvalue weighted by Crippen LogP contribution is -2.50. The number of imide groups is 1. The molecular formula is C12H18N2O4. The first-order chi connectivity index (χ1) is 8.63. The van der Waals surface area contributed by atoms with E-state index in [9.17, 15) is 14.4 Å². The summed E-state index contributed by atoms with van der Waals surface area (Å²) < 4.78 is 0. The molecule has 0 aliphatic carbocycles. The van der Waals surface area contributed by atoms with Crippen LogP contribution in [0.2, 0.25) is 0 Å². The Labute approximate surface area is 106 Å². The molecule has 0 saturated carbocycles. The number of carbonyl (C=O) groups is 3. The van der Waals surface area contributed by atoms with Crippen molar-refractivity contribution in [3.63, 3.8) is 0 Å². The monoisotopic (exact) mass is 254 g/mol. The molecule has 0 aromatic rings. The molecule has 100 valence electrons. The van der Waals surface area contributed by atoms with Gasteiger partial charge in [0.1, 0.15) is 0 Å². The Kier molecular flexibility index (Phi) is 3.96. The summed E-state index contributed by atoms with van der Waals surface area (Å²) in [7, 11) is 0. The maximum atomic E-state index is 12.2. The van der Waals surface area contributed by atoms with Gasteiger partial charge in [-0.15, -0.1) is 0 Å². The van der Waals surface area contributed by atoms with Crippen molar-refractivity contribution in [2.24, 2.45) is 11.8 Å². The standard InChI is InChI=1S/C12H18N2O4/c1-2-18-14-7-3-4-9(12(14)17)8-5-6-10(15)13-11(8)16/h8-9H,2-7H2,1H3,(H,13,15,16). The summed E-state index contributed by atoms with van der Waals surface area (Å²) in [6, 6.07) is 0. The summed E-state index contributed by atoms with van der Waals surface area (Å²) in [5.74, 6) is -1.43. The number of piperidine rings is 2. The number of hydrogen-bond donors (Lipinski definition) is 1. The largest absolute Gasteiger partial charge is 0.296 e. The molecule has 2 aliphatic heterocycles. The van der Waals surface area contributed by atoms with Crippen molar-refractivity contribution in [1.82, 2.24) is 10.4 Å². The Morgan fingerprint density at radius 1 is 1.28 bits per heavy atom. The molecule has 18 heavy (non-hydrogen) atoms. The minimum Gasteiger partial charge on any atom is -0.296 e. The molecule has 2 heterocycles. The summed E-state index contributed by atoms with van der Waals surface area (Å²) in [6.07, 6.45) is 2.29. The molecule has 2 unspecified atom stereocenters. The lowest BCUT2D eigenvalue weighted by atomic mass is 9.80. The molecule has 0 bridgehead atoms. The van der Waals surface area contributed by atoms with Gasteiger partial charge in [-0.05, 0) is 26.2 Å². The highest BCUT2D eigenvalue weighted by Crippen LogP contribution is 2.30. The lowest BCUT2D eigenvalue weighted by Gasteiger charge is -2.35.